The van der Waals surface area contributed by atoms with Gasteiger partial charge in [-0.25, -0.2) is 9.13 Å². The van der Waals surface area contributed by atoms with E-state index in [1.807, 2.05) is 0 Å². The predicted molar refractivity (Wildman–Crippen MR) is 243 cm³/mol. The Labute approximate surface area is 371 Å². The first kappa shape index (κ1) is 57.5. The van der Waals surface area contributed by atoms with Crippen LogP contribution in [-0.4, -0.2) is 82.6 Å². The zero-order valence-corrected chi connectivity index (χ0v) is 39.2. The molecule has 1 saturated heterocycles. The molecule has 0 aromatic heterocycles. The summed E-state index contributed by atoms with van der Waals surface area (Å²) < 4.78 is 53.5. The third-order valence-corrected chi connectivity index (χ3v) is 10.9. The lowest BCUT2D eigenvalue weighted by Gasteiger charge is -2.20. The number of aliphatic hydroxyl groups is 1. The van der Waals surface area contributed by atoms with E-state index in [2.05, 4.69) is 95.8 Å². The van der Waals surface area contributed by atoms with Crippen molar-refractivity contribution in [2.24, 2.45) is 0 Å². The van der Waals surface area contributed by atoms with Gasteiger partial charge in [0.15, 0.2) is 6.10 Å². The molecular formula is C46H78O14P2. The van der Waals surface area contributed by atoms with E-state index in [-0.39, 0.29) is 12.8 Å². The molecule has 0 aromatic carbocycles. The van der Waals surface area contributed by atoms with Crippen molar-refractivity contribution < 1.29 is 66.3 Å². The molecule has 1 aliphatic heterocycles. The topological polar surface area (TPSA) is 208 Å². The van der Waals surface area contributed by atoms with Crippen molar-refractivity contribution in [2.45, 2.75) is 180 Å². The van der Waals surface area contributed by atoms with Crippen LogP contribution >= 0.6 is 15.6 Å². The van der Waals surface area contributed by atoms with Crippen molar-refractivity contribution in [3.05, 3.63) is 72.9 Å². The summed E-state index contributed by atoms with van der Waals surface area (Å²) in [4.78, 5) is 52.8. The number of rotatable bonds is 41. The fraction of sp³-hybridized carbons (Fsp3) is 0.696. The van der Waals surface area contributed by atoms with Crippen molar-refractivity contribution in [3.63, 3.8) is 0 Å². The number of epoxide rings is 1. The highest BCUT2D eigenvalue weighted by molar-refractivity contribution is 7.47. The normalized spacial score (nSPS) is 17.9. The second-order valence-corrected chi connectivity index (χ2v) is 18.0. The molecule has 1 aliphatic rings. The third kappa shape index (κ3) is 38.0. The highest BCUT2D eigenvalue weighted by Gasteiger charge is 2.36. The molecule has 62 heavy (non-hydrogen) atoms. The van der Waals surface area contributed by atoms with E-state index in [1.54, 1.807) is 0 Å². The van der Waals surface area contributed by atoms with Crippen molar-refractivity contribution >= 4 is 27.6 Å². The summed E-state index contributed by atoms with van der Waals surface area (Å²) in [6.45, 7) is 1.55. The minimum absolute atomic E-state index is 0.0828. The number of aliphatic hydroxyl groups excluding tert-OH is 1. The summed E-state index contributed by atoms with van der Waals surface area (Å²) in [7, 11) is -9.70. The smallest absolute Gasteiger partial charge is 0.462 e. The van der Waals surface area contributed by atoms with Gasteiger partial charge in [0.25, 0.3) is 0 Å². The molecular weight excluding hydrogens is 838 g/mol. The van der Waals surface area contributed by atoms with E-state index in [0.29, 0.717) is 25.0 Å². The zero-order valence-electron chi connectivity index (χ0n) is 37.4. The van der Waals surface area contributed by atoms with E-state index in [4.69, 9.17) is 28.5 Å². The summed E-state index contributed by atoms with van der Waals surface area (Å²) in [5, 5.41) is 9.76. The molecule has 14 nitrogen and oxygen atoms in total. The second-order valence-electron chi connectivity index (χ2n) is 15.3. The minimum Gasteiger partial charge on any atom is -0.462 e. The predicted octanol–water partition coefficient (Wildman–Crippen LogP) is 10.8. The van der Waals surface area contributed by atoms with Gasteiger partial charge in [0.2, 0.25) is 0 Å². The summed E-state index contributed by atoms with van der Waals surface area (Å²) >= 11 is 0. The number of phosphoric ester groups is 2. The molecule has 1 rings (SSSR count). The molecule has 0 bridgehead atoms. The van der Waals surface area contributed by atoms with Gasteiger partial charge in [0.1, 0.15) is 12.7 Å². The number of phosphoric acid groups is 2. The van der Waals surface area contributed by atoms with Crippen LogP contribution in [0.3, 0.4) is 0 Å². The number of carbonyl (C=O) groups excluding carboxylic acids is 2. The maximum absolute atomic E-state index is 12.7. The van der Waals surface area contributed by atoms with Gasteiger partial charge in [0.05, 0.1) is 32.0 Å². The molecule has 0 spiro atoms. The van der Waals surface area contributed by atoms with Crippen LogP contribution in [0.15, 0.2) is 72.9 Å². The average molecular weight is 917 g/mol. The number of carbonyl (C=O) groups is 2. The van der Waals surface area contributed by atoms with Crippen LogP contribution in [0.4, 0.5) is 0 Å². The van der Waals surface area contributed by atoms with Crippen molar-refractivity contribution in [3.8, 4) is 0 Å². The number of allylic oxidation sites excluding steroid dienone is 11. The summed E-state index contributed by atoms with van der Waals surface area (Å²) in [5.74, 6) is -1.10. The van der Waals surface area contributed by atoms with Crippen molar-refractivity contribution in [2.75, 3.05) is 26.4 Å². The van der Waals surface area contributed by atoms with Gasteiger partial charge in [-0.1, -0.05) is 132 Å². The van der Waals surface area contributed by atoms with Crippen molar-refractivity contribution in [1.82, 2.24) is 0 Å². The van der Waals surface area contributed by atoms with Crippen LogP contribution in [0.5, 0.6) is 0 Å². The molecule has 3 unspecified atom stereocenters. The Morgan fingerprint density at radius 3 is 1.71 bits per heavy atom. The lowest BCUT2D eigenvalue weighted by Crippen LogP contribution is -2.30. The van der Waals surface area contributed by atoms with Crippen LogP contribution in [0.25, 0.3) is 0 Å². The summed E-state index contributed by atoms with van der Waals surface area (Å²) in [6.07, 6.45) is 43.5. The number of unbranched alkanes of at least 4 members (excludes halogenated alkanes) is 10. The maximum Gasteiger partial charge on any atom is 0.472 e. The Kier molecular flexibility index (Phi) is 35.1. The van der Waals surface area contributed by atoms with Crippen LogP contribution in [0.1, 0.15) is 155 Å². The first-order chi connectivity index (χ1) is 29.8. The summed E-state index contributed by atoms with van der Waals surface area (Å²) in [6, 6.07) is 0. The van der Waals surface area contributed by atoms with E-state index >= 15 is 0 Å². The van der Waals surface area contributed by atoms with Gasteiger partial charge < -0.3 is 34.0 Å². The standard InChI is InChI=1S/C46H78O14P2/c1-3-5-7-8-9-10-11-12-13-14-15-16-17-18-19-20-25-28-32-36-46(49)59-42(40-58-62(53,54)57-38-41(47)37-56-61(50,51)52)39-55-45(48)35-31-27-24-22-21-23-26-30-34-44-43(60-44)33-29-6-4-2/h5,7,9-10,12-13,15-16,18-19,26,30,41-44,47H,3-4,6,8,11,14,17,20-25,27-29,31-40H2,1-2H3,(H,53,54)(H2,50,51,52)/b7-5-,10-9-,13-12-,16-15-,19-18-,30-26-/t41-,42+,43?,44?/m0/s1. The quantitative estimate of drug-likeness (QED) is 0.0148. The van der Waals surface area contributed by atoms with E-state index < -0.39 is 66.2 Å². The SMILES string of the molecule is CC/C=C\C/C=C\C/C=C\C/C=C\C/C=C\CCCCCC(=O)O[C@H](COC(=O)CCCCCCC/C=C\CC1OC1CCCCC)COP(=O)(O)OC[C@@H](O)COP(=O)(O)O. The molecule has 0 radical (unpaired) electrons. The zero-order chi connectivity index (χ0) is 45.6. The molecule has 0 amide bonds. The Bertz CT molecular complexity index is 1440. The van der Waals surface area contributed by atoms with Crippen LogP contribution in [-0.2, 0) is 46.5 Å². The summed E-state index contributed by atoms with van der Waals surface area (Å²) in [5.41, 5.74) is 0. The van der Waals surface area contributed by atoms with Gasteiger partial charge in [-0.3, -0.25) is 23.2 Å². The van der Waals surface area contributed by atoms with E-state index in [1.165, 1.54) is 19.3 Å². The molecule has 0 saturated carbocycles. The van der Waals surface area contributed by atoms with Crippen molar-refractivity contribution in [1.29, 1.82) is 0 Å². The molecule has 1 fully saturated rings. The molecule has 356 valence electrons. The molecule has 5 atom stereocenters. The van der Waals surface area contributed by atoms with Gasteiger partial charge in [-0.2, -0.15) is 0 Å². The lowest BCUT2D eigenvalue weighted by molar-refractivity contribution is -0.161. The van der Waals surface area contributed by atoms with Gasteiger partial charge >= 0.3 is 27.6 Å². The fourth-order valence-corrected chi connectivity index (χ4v) is 7.12. The Morgan fingerprint density at radius 2 is 1.10 bits per heavy atom. The van der Waals surface area contributed by atoms with Crippen LogP contribution < -0.4 is 0 Å². The van der Waals surface area contributed by atoms with Crippen LogP contribution in [0.2, 0.25) is 0 Å². The van der Waals surface area contributed by atoms with E-state index in [0.717, 1.165) is 96.3 Å². The van der Waals surface area contributed by atoms with Gasteiger partial charge in [-0.15, -0.1) is 0 Å². The number of ether oxygens (including phenoxy) is 3. The second kappa shape index (κ2) is 37.9. The van der Waals surface area contributed by atoms with Gasteiger partial charge in [-0.05, 0) is 83.5 Å². The van der Waals surface area contributed by atoms with E-state index in [9.17, 15) is 28.7 Å². The first-order valence-electron chi connectivity index (χ1n) is 22.8. The highest BCUT2D eigenvalue weighted by atomic mass is 31.2. The third-order valence-electron chi connectivity index (χ3n) is 9.49. The Balaban J connectivity index is 2.38. The Morgan fingerprint density at radius 1 is 0.581 bits per heavy atom. The fourth-order valence-electron chi connectivity index (χ4n) is 5.97. The van der Waals surface area contributed by atoms with Gasteiger partial charge in [0, 0.05) is 12.8 Å². The maximum atomic E-state index is 12.7. The lowest BCUT2D eigenvalue weighted by atomic mass is 10.1. The van der Waals surface area contributed by atoms with Crippen LogP contribution in [0, 0.1) is 0 Å². The highest BCUT2D eigenvalue weighted by Crippen LogP contribution is 2.44. The monoisotopic (exact) mass is 916 g/mol. The molecule has 4 N–H and O–H groups in total. The number of hydrogen-bond acceptors (Lipinski definition) is 11. The minimum atomic E-state index is -4.87. The molecule has 0 aromatic rings. The molecule has 0 aliphatic carbocycles. The average Bonchev–Trinajstić information content (AvgIpc) is 3.99. The molecule has 16 heteroatoms. The number of hydrogen-bond donors (Lipinski definition) is 4. The first-order valence-corrected chi connectivity index (χ1v) is 25.8. The molecule has 1 heterocycles. The number of esters is 2. The Hall–Kier alpha value is -2.48. The largest absolute Gasteiger partial charge is 0.472 e.